The van der Waals surface area contributed by atoms with Gasteiger partial charge in [-0.05, 0) is 38.2 Å². The Morgan fingerprint density at radius 2 is 2.29 bits per heavy atom. The summed E-state index contributed by atoms with van der Waals surface area (Å²) in [6.45, 7) is 9.06. The minimum absolute atomic E-state index is 1.08. The van der Waals surface area contributed by atoms with Gasteiger partial charge in [0.1, 0.15) is 0 Å². The molecule has 1 aliphatic rings. The molecule has 2 nitrogen and oxygen atoms in total. The third-order valence-corrected chi connectivity index (χ3v) is 2.55. The first-order valence-electron chi connectivity index (χ1n) is 5.67. The molecule has 0 bridgehead atoms. The third-order valence-electron chi connectivity index (χ3n) is 2.55. The van der Waals surface area contributed by atoms with Crippen molar-refractivity contribution in [2.75, 3.05) is 26.2 Å². The van der Waals surface area contributed by atoms with Gasteiger partial charge in [0.25, 0.3) is 0 Å². The second kappa shape index (κ2) is 6.66. The van der Waals surface area contributed by atoms with Crippen LogP contribution in [0.4, 0.5) is 0 Å². The Morgan fingerprint density at radius 1 is 1.43 bits per heavy atom. The molecule has 0 aromatic carbocycles. The van der Waals surface area contributed by atoms with Gasteiger partial charge in [0.2, 0.25) is 0 Å². The molecule has 0 fully saturated rings. The average Bonchev–Trinajstić information content (AvgIpc) is 2.45. The Kier molecular flexibility index (Phi) is 5.38. The lowest BCUT2D eigenvalue weighted by atomic mass is 10.1. The normalized spacial score (nSPS) is 16.4. The number of hydrogen-bond donors (Lipinski definition) is 1. The highest BCUT2D eigenvalue weighted by Gasteiger charge is 2.05. The molecule has 1 aliphatic heterocycles. The largest absolute Gasteiger partial charge is 0.391 e. The van der Waals surface area contributed by atoms with Gasteiger partial charge in [-0.25, -0.2) is 0 Å². The van der Waals surface area contributed by atoms with Crippen molar-refractivity contribution in [2.24, 2.45) is 0 Å². The molecule has 0 spiro atoms. The zero-order valence-electron chi connectivity index (χ0n) is 9.42. The van der Waals surface area contributed by atoms with Gasteiger partial charge < -0.3 is 5.32 Å². The van der Waals surface area contributed by atoms with Crippen LogP contribution < -0.4 is 5.32 Å². The molecule has 0 aliphatic carbocycles. The van der Waals surface area contributed by atoms with Gasteiger partial charge in [0.15, 0.2) is 0 Å². The summed E-state index contributed by atoms with van der Waals surface area (Å²) in [5.41, 5.74) is 1.54. The van der Waals surface area contributed by atoms with Gasteiger partial charge in [0, 0.05) is 13.1 Å². The number of allylic oxidation sites excluding steroid dienone is 2. The summed E-state index contributed by atoms with van der Waals surface area (Å²) in [5, 5.41) is 3.25. The Labute approximate surface area is 87.7 Å². The minimum atomic E-state index is 1.08. The topological polar surface area (TPSA) is 15.3 Å². The molecule has 1 N–H and O–H groups in total. The average molecular weight is 194 g/mol. The lowest BCUT2D eigenvalue weighted by Gasteiger charge is -2.20. The van der Waals surface area contributed by atoms with E-state index in [9.17, 15) is 0 Å². The summed E-state index contributed by atoms with van der Waals surface area (Å²) >= 11 is 0. The minimum Gasteiger partial charge on any atom is -0.391 e. The highest BCUT2D eigenvalue weighted by atomic mass is 15.1. The van der Waals surface area contributed by atoms with Gasteiger partial charge in [-0.15, -0.1) is 0 Å². The molecule has 0 aromatic rings. The molecule has 0 radical (unpaired) electrons. The molecule has 0 atom stereocenters. The molecule has 2 heteroatoms. The van der Waals surface area contributed by atoms with E-state index in [2.05, 4.69) is 36.2 Å². The van der Waals surface area contributed by atoms with Crippen molar-refractivity contribution >= 4 is 0 Å². The summed E-state index contributed by atoms with van der Waals surface area (Å²) in [7, 11) is 0. The van der Waals surface area contributed by atoms with E-state index >= 15 is 0 Å². The fourth-order valence-electron chi connectivity index (χ4n) is 1.74. The van der Waals surface area contributed by atoms with Crippen LogP contribution in [0.1, 0.15) is 26.7 Å². The van der Waals surface area contributed by atoms with E-state index in [0.717, 1.165) is 19.6 Å². The molecule has 0 saturated carbocycles. The van der Waals surface area contributed by atoms with E-state index < -0.39 is 0 Å². The standard InChI is InChI=1S/C12H22N2/c1-3-10-14(4-2)11-12-6-5-8-13-9-7-12/h5-6,8,13H,3-4,7,9-11H2,1-2H3. The molecule has 0 unspecified atom stereocenters. The summed E-state index contributed by atoms with van der Waals surface area (Å²) in [6, 6.07) is 0. The van der Waals surface area contributed by atoms with E-state index in [0.29, 0.717) is 0 Å². The lowest BCUT2D eigenvalue weighted by molar-refractivity contribution is 0.310. The molecule has 14 heavy (non-hydrogen) atoms. The molecule has 1 heterocycles. The summed E-state index contributed by atoms with van der Waals surface area (Å²) in [4.78, 5) is 2.50. The van der Waals surface area contributed by atoms with Crippen LogP contribution in [0.15, 0.2) is 23.9 Å². The van der Waals surface area contributed by atoms with Gasteiger partial charge >= 0.3 is 0 Å². The van der Waals surface area contributed by atoms with Crippen molar-refractivity contribution in [3.63, 3.8) is 0 Å². The number of rotatable bonds is 5. The van der Waals surface area contributed by atoms with Gasteiger partial charge in [-0.3, -0.25) is 4.90 Å². The van der Waals surface area contributed by atoms with Crippen LogP contribution in [0, 0.1) is 0 Å². The summed E-state index contributed by atoms with van der Waals surface area (Å²) < 4.78 is 0. The zero-order valence-corrected chi connectivity index (χ0v) is 9.42. The molecule has 1 rings (SSSR count). The summed E-state index contributed by atoms with van der Waals surface area (Å²) in [6.07, 6.45) is 8.81. The fourth-order valence-corrected chi connectivity index (χ4v) is 1.74. The van der Waals surface area contributed by atoms with E-state index in [4.69, 9.17) is 0 Å². The van der Waals surface area contributed by atoms with Crippen LogP contribution in [0.2, 0.25) is 0 Å². The van der Waals surface area contributed by atoms with Crippen molar-refractivity contribution in [1.29, 1.82) is 0 Å². The van der Waals surface area contributed by atoms with Crippen LogP contribution in [0.5, 0.6) is 0 Å². The first-order chi connectivity index (χ1) is 6.86. The van der Waals surface area contributed by atoms with E-state index in [1.54, 1.807) is 5.57 Å². The van der Waals surface area contributed by atoms with Crippen LogP contribution in [0.3, 0.4) is 0 Å². The van der Waals surface area contributed by atoms with E-state index in [1.165, 1.54) is 19.4 Å². The smallest absolute Gasteiger partial charge is 0.0196 e. The molecule has 0 amide bonds. The SMILES string of the molecule is CCCN(CC)CC1=CC=CNCC1. The van der Waals surface area contributed by atoms with Crippen molar-refractivity contribution in [2.45, 2.75) is 26.7 Å². The number of likely N-dealkylation sites (N-methyl/N-ethyl adjacent to an activating group) is 1. The zero-order chi connectivity index (χ0) is 10.2. The monoisotopic (exact) mass is 194 g/mol. The van der Waals surface area contributed by atoms with Crippen molar-refractivity contribution in [3.8, 4) is 0 Å². The maximum Gasteiger partial charge on any atom is 0.0196 e. The highest BCUT2D eigenvalue weighted by Crippen LogP contribution is 2.07. The van der Waals surface area contributed by atoms with Crippen molar-refractivity contribution < 1.29 is 0 Å². The molecular weight excluding hydrogens is 172 g/mol. The first kappa shape index (κ1) is 11.3. The van der Waals surface area contributed by atoms with Crippen LogP contribution in [0.25, 0.3) is 0 Å². The Balaban J connectivity index is 2.40. The van der Waals surface area contributed by atoms with Gasteiger partial charge in [-0.2, -0.15) is 0 Å². The second-order valence-corrected chi connectivity index (χ2v) is 3.76. The van der Waals surface area contributed by atoms with Gasteiger partial charge in [-0.1, -0.05) is 25.5 Å². The van der Waals surface area contributed by atoms with Gasteiger partial charge in [0.05, 0.1) is 0 Å². The maximum absolute atomic E-state index is 3.25. The molecule has 80 valence electrons. The van der Waals surface area contributed by atoms with Crippen molar-refractivity contribution in [3.05, 3.63) is 23.9 Å². The lowest BCUT2D eigenvalue weighted by Crippen LogP contribution is -2.27. The maximum atomic E-state index is 3.25. The number of hydrogen-bond acceptors (Lipinski definition) is 2. The molecular formula is C12H22N2. The summed E-state index contributed by atoms with van der Waals surface area (Å²) in [5.74, 6) is 0. The Bertz CT molecular complexity index is 206. The quantitative estimate of drug-likeness (QED) is 0.721. The number of nitrogens with one attached hydrogen (secondary N) is 1. The van der Waals surface area contributed by atoms with Crippen LogP contribution in [-0.2, 0) is 0 Å². The Morgan fingerprint density at radius 3 is 3.00 bits per heavy atom. The predicted molar refractivity (Wildman–Crippen MR) is 62.2 cm³/mol. The fraction of sp³-hybridized carbons (Fsp3) is 0.667. The van der Waals surface area contributed by atoms with Crippen molar-refractivity contribution in [1.82, 2.24) is 10.2 Å². The molecule has 0 saturated heterocycles. The van der Waals surface area contributed by atoms with Crippen LogP contribution >= 0.6 is 0 Å². The second-order valence-electron chi connectivity index (χ2n) is 3.76. The van der Waals surface area contributed by atoms with Crippen LogP contribution in [-0.4, -0.2) is 31.1 Å². The third kappa shape index (κ3) is 3.97. The highest BCUT2D eigenvalue weighted by molar-refractivity contribution is 5.16. The molecule has 0 aromatic heterocycles. The Hall–Kier alpha value is -0.760. The van der Waals surface area contributed by atoms with E-state index in [1.807, 2.05) is 6.20 Å². The van der Waals surface area contributed by atoms with E-state index in [-0.39, 0.29) is 0 Å². The predicted octanol–water partition coefficient (Wildman–Crippen LogP) is 2.15. The number of nitrogens with zero attached hydrogens (tertiary/aromatic N) is 1. The first-order valence-corrected chi connectivity index (χ1v) is 5.67.